The van der Waals surface area contributed by atoms with Crippen LogP contribution < -0.4 is 10.6 Å². The maximum absolute atomic E-state index is 12.0. The van der Waals surface area contributed by atoms with Gasteiger partial charge in [0.1, 0.15) is 0 Å². The summed E-state index contributed by atoms with van der Waals surface area (Å²) in [5.41, 5.74) is 1.79. The van der Waals surface area contributed by atoms with E-state index in [-0.39, 0.29) is 24.1 Å². The molecule has 0 saturated carbocycles. The minimum Gasteiger partial charge on any atom is -0.396 e. The predicted molar refractivity (Wildman–Crippen MR) is 91.8 cm³/mol. The molecule has 1 unspecified atom stereocenters. The first-order valence-electron chi connectivity index (χ1n) is 8.03. The Hall–Kier alpha value is -2.41. The van der Waals surface area contributed by atoms with Crippen molar-refractivity contribution in [1.82, 2.24) is 25.6 Å². The number of aromatic nitrogens is 3. The molecular formula is C17H25N5O2. The molecule has 24 heavy (non-hydrogen) atoms. The second-order valence-corrected chi connectivity index (χ2v) is 6.63. The highest BCUT2D eigenvalue weighted by Gasteiger charge is 2.18. The van der Waals surface area contributed by atoms with Crippen LogP contribution in [0.3, 0.4) is 0 Å². The van der Waals surface area contributed by atoms with Crippen molar-refractivity contribution in [1.29, 1.82) is 0 Å². The molecule has 1 aromatic heterocycles. The smallest absolute Gasteiger partial charge is 0.315 e. The number of carbonyl (C=O) groups excluding carboxylic acids is 1. The Labute approximate surface area is 142 Å². The van der Waals surface area contributed by atoms with Gasteiger partial charge in [0.15, 0.2) is 0 Å². The monoisotopic (exact) mass is 331 g/mol. The molecule has 0 aliphatic carbocycles. The van der Waals surface area contributed by atoms with Gasteiger partial charge in [0, 0.05) is 13.2 Å². The number of nitrogens with one attached hydrogen (secondary N) is 2. The topological polar surface area (TPSA) is 92.1 Å². The largest absolute Gasteiger partial charge is 0.396 e. The molecule has 1 aromatic carbocycles. The van der Waals surface area contributed by atoms with Crippen molar-refractivity contribution in [3.63, 3.8) is 0 Å². The number of aliphatic hydroxyl groups is 1. The lowest BCUT2D eigenvalue weighted by molar-refractivity contribution is 0.200. The molecule has 7 heteroatoms. The number of hydrogen-bond donors (Lipinski definition) is 3. The van der Waals surface area contributed by atoms with Crippen LogP contribution in [0.5, 0.6) is 0 Å². The highest BCUT2D eigenvalue weighted by Crippen LogP contribution is 2.18. The number of amides is 2. The van der Waals surface area contributed by atoms with Crippen molar-refractivity contribution < 1.29 is 9.90 Å². The van der Waals surface area contributed by atoms with E-state index in [2.05, 4.69) is 20.9 Å². The van der Waals surface area contributed by atoms with Crippen LogP contribution in [-0.4, -0.2) is 39.3 Å². The van der Waals surface area contributed by atoms with Crippen LogP contribution in [0.4, 0.5) is 4.79 Å². The van der Waals surface area contributed by atoms with Crippen molar-refractivity contribution in [2.75, 3.05) is 13.2 Å². The summed E-state index contributed by atoms with van der Waals surface area (Å²) in [5.74, 6) is 0. The van der Waals surface area contributed by atoms with E-state index >= 15 is 0 Å². The molecule has 2 rings (SSSR count). The highest BCUT2D eigenvalue weighted by molar-refractivity contribution is 5.74. The molecule has 3 N–H and O–H groups in total. The van der Waals surface area contributed by atoms with E-state index in [1.807, 2.05) is 45.0 Å². The lowest BCUT2D eigenvalue weighted by Gasteiger charge is -2.24. The van der Waals surface area contributed by atoms with Gasteiger partial charge in [0.2, 0.25) is 0 Å². The lowest BCUT2D eigenvalue weighted by atomic mass is 9.90. The molecule has 0 radical (unpaired) electrons. The summed E-state index contributed by atoms with van der Waals surface area (Å²) in [6.45, 7) is 6.58. The highest BCUT2D eigenvalue weighted by atomic mass is 16.3. The van der Waals surface area contributed by atoms with Crippen LogP contribution >= 0.6 is 0 Å². The van der Waals surface area contributed by atoms with Crippen LogP contribution in [0.25, 0.3) is 5.69 Å². The summed E-state index contributed by atoms with van der Waals surface area (Å²) in [6, 6.07) is 7.45. The van der Waals surface area contributed by atoms with E-state index in [1.54, 1.807) is 17.1 Å². The zero-order valence-electron chi connectivity index (χ0n) is 14.4. The number of nitrogens with zero attached hydrogens (tertiary/aromatic N) is 3. The van der Waals surface area contributed by atoms with Crippen LogP contribution in [0.2, 0.25) is 0 Å². The molecule has 0 fully saturated rings. The minimum atomic E-state index is -0.214. The van der Waals surface area contributed by atoms with E-state index in [4.69, 9.17) is 5.11 Å². The maximum atomic E-state index is 12.0. The van der Waals surface area contributed by atoms with Crippen LogP contribution in [0.1, 0.15) is 38.8 Å². The first kappa shape index (κ1) is 17.9. The Morgan fingerprint density at radius 2 is 2.04 bits per heavy atom. The number of aliphatic hydroxyl groups excluding tert-OH is 1. The first-order valence-corrected chi connectivity index (χ1v) is 8.03. The first-order chi connectivity index (χ1) is 11.4. The van der Waals surface area contributed by atoms with Gasteiger partial charge in [-0.05, 0) is 36.5 Å². The van der Waals surface area contributed by atoms with Gasteiger partial charge < -0.3 is 15.7 Å². The molecule has 1 atom stereocenters. The van der Waals surface area contributed by atoms with Crippen molar-refractivity contribution in [3.8, 4) is 5.69 Å². The summed E-state index contributed by atoms with van der Waals surface area (Å²) < 4.78 is 1.68. The summed E-state index contributed by atoms with van der Waals surface area (Å²) >= 11 is 0. The van der Waals surface area contributed by atoms with Gasteiger partial charge in [0.05, 0.1) is 24.1 Å². The molecule has 130 valence electrons. The number of benzene rings is 1. The summed E-state index contributed by atoms with van der Waals surface area (Å²) in [5, 5.41) is 22.5. The van der Waals surface area contributed by atoms with E-state index in [0.717, 1.165) is 11.3 Å². The van der Waals surface area contributed by atoms with Gasteiger partial charge in [-0.15, -0.1) is 5.10 Å². The van der Waals surface area contributed by atoms with E-state index in [1.165, 1.54) is 0 Å². The molecule has 2 aromatic rings. The van der Waals surface area contributed by atoms with E-state index in [0.29, 0.717) is 13.0 Å². The second kappa shape index (κ2) is 7.92. The zero-order valence-corrected chi connectivity index (χ0v) is 14.4. The SMILES string of the molecule is CC(NC(=O)NCC(C)(C)CCO)c1ccc(-n2ccnn2)cc1. The zero-order chi connectivity index (χ0) is 17.6. The van der Waals surface area contributed by atoms with Gasteiger partial charge in [-0.2, -0.15) is 0 Å². The van der Waals surface area contributed by atoms with Crippen molar-refractivity contribution >= 4 is 6.03 Å². The Bertz CT molecular complexity index is 638. The predicted octanol–water partition coefficient (Wildman–Crippen LogP) is 2.04. The van der Waals surface area contributed by atoms with Crippen molar-refractivity contribution in [2.45, 2.75) is 33.2 Å². The Balaban J connectivity index is 1.87. The fraction of sp³-hybridized carbons (Fsp3) is 0.471. The third-order valence-electron chi connectivity index (χ3n) is 3.94. The molecule has 0 saturated heterocycles. The second-order valence-electron chi connectivity index (χ2n) is 6.63. The number of carbonyl (C=O) groups is 1. The summed E-state index contributed by atoms with van der Waals surface area (Å²) in [6.07, 6.45) is 4.05. The van der Waals surface area contributed by atoms with Gasteiger partial charge in [-0.25, -0.2) is 9.48 Å². The molecule has 0 aliphatic heterocycles. The Morgan fingerprint density at radius 1 is 1.33 bits per heavy atom. The van der Waals surface area contributed by atoms with Crippen LogP contribution in [-0.2, 0) is 0 Å². The molecular weight excluding hydrogens is 306 g/mol. The van der Waals surface area contributed by atoms with Crippen LogP contribution in [0.15, 0.2) is 36.7 Å². The van der Waals surface area contributed by atoms with Crippen LogP contribution in [0, 0.1) is 5.41 Å². The van der Waals surface area contributed by atoms with Gasteiger partial charge in [-0.3, -0.25) is 0 Å². The number of hydrogen-bond acceptors (Lipinski definition) is 4. The lowest BCUT2D eigenvalue weighted by Crippen LogP contribution is -2.41. The Morgan fingerprint density at radius 3 is 2.62 bits per heavy atom. The fourth-order valence-corrected chi connectivity index (χ4v) is 2.30. The molecule has 0 spiro atoms. The normalized spacial score (nSPS) is 12.7. The summed E-state index contributed by atoms with van der Waals surface area (Å²) in [7, 11) is 0. The Kier molecular flexibility index (Phi) is 5.92. The van der Waals surface area contributed by atoms with Crippen molar-refractivity contribution in [2.24, 2.45) is 5.41 Å². The van der Waals surface area contributed by atoms with E-state index < -0.39 is 0 Å². The fourth-order valence-electron chi connectivity index (χ4n) is 2.30. The molecule has 0 aliphatic rings. The van der Waals surface area contributed by atoms with Gasteiger partial charge in [0.25, 0.3) is 0 Å². The van der Waals surface area contributed by atoms with Gasteiger partial charge in [-0.1, -0.05) is 31.2 Å². The average Bonchev–Trinajstić information content (AvgIpc) is 3.07. The molecule has 1 heterocycles. The standard InChI is InChI=1S/C17H25N5O2/c1-13(20-16(24)18-12-17(2,3)8-11-23)14-4-6-15(7-5-14)22-10-9-19-21-22/h4-7,9-10,13,23H,8,11-12H2,1-3H3,(H2,18,20,24). The number of rotatable bonds is 7. The van der Waals surface area contributed by atoms with Gasteiger partial charge >= 0.3 is 6.03 Å². The van der Waals surface area contributed by atoms with E-state index in [9.17, 15) is 4.79 Å². The third-order valence-corrected chi connectivity index (χ3v) is 3.94. The average molecular weight is 331 g/mol. The maximum Gasteiger partial charge on any atom is 0.315 e. The molecule has 0 bridgehead atoms. The summed E-state index contributed by atoms with van der Waals surface area (Å²) in [4.78, 5) is 12.0. The minimum absolute atomic E-state index is 0.115. The molecule has 2 amide bonds. The molecule has 7 nitrogen and oxygen atoms in total. The quantitative estimate of drug-likeness (QED) is 0.724. The van der Waals surface area contributed by atoms with Crippen molar-refractivity contribution in [3.05, 3.63) is 42.2 Å². The number of urea groups is 1. The third kappa shape index (κ3) is 5.06.